The van der Waals surface area contributed by atoms with Crippen molar-refractivity contribution in [2.75, 3.05) is 12.4 Å². The maximum absolute atomic E-state index is 5.41. The summed E-state index contributed by atoms with van der Waals surface area (Å²) in [5.41, 5.74) is 1.10. The summed E-state index contributed by atoms with van der Waals surface area (Å²) in [5.74, 6) is 2.50. The molecule has 1 N–H and O–H groups in total. The molecule has 0 aromatic heterocycles. The van der Waals surface area contributed by atoms with Gasteiger partial charge in [0.15, 0.2) is 0 Å². The average Bonchev–Trinajstić information content (AvgIpc) is 2.33. The molecule has 2 rings (SSSR count). The summed E-state index contributed by atoms with van der Waals surface area (Å²) in [6.07, 6.45) is 3.88. The zero-order valence-electron chi connectivity index (χ0n) is 11.4. The SMILES string of the molecule is COc1ccc(Br)cc1NC1CCC(C)CC1C. The molecule has 0 saturated heterocycles. The van der Waals surface area contributed by atoms with E-state index < -0.39 is 0 Å². The zero-order valence-corrected chi connectivity index (χ0v) is 13.0. The molecule has 0 heterocycles. The number of nitrogens with one attached hydrogen (secondary N) is 1. The van der Waals surface area contributed by atoms with E-state index in [-0.39, 0.29) is 0 Å². The van der Waals surface area contributed by atoms with Crippen LogP contribution in [0.5, 0.6) is 5.75 Å². The molecule has 1 aromatic carbocycles. The fourth-order valence-corrected chi connectivity index (χ4v) is 3.23. The lowest BCUT2D eigenvalue weighted by atomic mass is 9.80. The van der Waals surface area contributed by atoms with E-state index in [2.05, 4.69) is 41.2 Å². The van der Waals surface area contributed by atoms with Crippen molar-refractivity contribution in [1.29, 1.82) is 0 Å². The normalized spacial score (nSPS) is 27.9. The lowest BCUT2D eigenvalue weighted by molar-refractivity contribution is 0.276. The van der Waals surface area contributed by atoms with Gasteiger partial charge in [0.2, 0.25) is 0 Å². The summed E-state index contributed by atoms with van der Waals surface area (Å²) in [4.78, 5) is 0. The van der Waals surface area contributed by atoms with Crippen LogP contribution in [0.2, 0.25) is 0 Å². The third-order valence-electron chi connectivity index (χ3n) is 3.93. The molecule has 18 heavy (non-hydrogen) atoms. The van der Waals surface area contributed by atoms with Crippen molar-refractivity contribution in [2.24, 2.45) is 11.8 Å². The Morgan fingerprint density at radius 2 is 2.06 bits per heavy atom. The molecule has 0 spiro atoms. The molecule has 0 bridgehead atoms. The topological polar surface area (TPSA) is 21.3 Å². The van der Waals surface area contributed by atoms with Gasteiger partial charge in [-0.25, -0.2) is 0 Å². The number of benzene rings is 1. The maximum atomic E-state index is 5.41. The zero-order chi connectivity index (χ0) is 13.1. The van der Waals surface area contributed by atoms with Crippen molar-refractivity contribution >= 4 is 21.6 Å². The Morgan fingerprint density at radius 1 is 1.28 bits per heavy atom. The van der Waals surface area contributed by atoms with Crippen molar-refractivity contribution in [2.45, 2.75) is 39.2 Å². The van der Waals surface area contributed by atoms with Gasteiger partial charge in [-0.1, -0.05) is 29.8 Å². The largest absolute Gasteiger partial charge is 0.495 e. The summed E-state index contributed by atoms with van der Waals surface area (Å²) in [6.45, 7) is 4.70. The van der Waals surface area contributed by atoms with Crippen LogP contribution in [-0.4, -0.2) is 13.2 Å². The number of rotatable bonds is 3. The van der Waals surface area contributed by atoms with Crippen molar-refractivity contribution in [3.05, 3.63) is 22.7 Å². The van der Waals surface area contributed by atoms with E-state index in [9.17, 15) is 0 Å². The van der Waals surface area contributed by atoms with Gasteiger partial charge < -0.3 is 10.1 Å². The van der Waals surface area contributed by atoms with Crippen molar-refractivity contribution in [3.8, 4) is 5.75 Å². The quantitative estimate of drug-likeness (QED) is 0.874. The molecular formula is C15H22BrNO. The Balaban J connectivity index is 2.11. The number of hydrogen-bond acceptors (Lipinski definition) is 2. The summed E-state index contributed by atoms with van der Waals surface area (Å²) < 4.78 is 6.50. The van der Waals surface area contributed by atoms with E-state index in [1.165, 1.54) is 19.3 Å². The van der Waals surface area contributed by atoms with Gasteiger partial charge in [-0.15, -0.1) is 0 Å². The van der Waals surface area contributed by atoms with Crippen LogP contribution in [0.25, 0.3) is 0 Å². The molecule has 100 valence electrons. The van der Waals surface area contributed by atoms with Gasteiger partial charge in [-0.3, -0.25) is 0 Å². The van der Waals surface area contributed by atoms with Gasteiger partial charge in [0.05, 0.1) is 12.8 Å². The Labute approximate surface area is 118 Å². The lowest BCUT2D eigenvalue weighted by Crippen LogP contribution is -2.33. The van der Waals surface area contributed by atoms with Crippen LogP contribution in [0.1, 0.15) is 33.1 Å². The molecule has 2 nitrogen and oxygen atoms in total. The van der Waals surface area contributed by atoms with Gasteiger partial charge in [0.1, 0.15) is 5.75 Å². The molecule has 1 saturated carbocycles. The Morgan fingerprint density at radius 3 is 2.72 bits per heavy atom. The molecule has 3 atom stereocenters. The van der Waals surface area contributed by atoms with E-state index in [1.807, 2.05) is 12.1 Å². The van der Waals surface area contributed by atoms with Crippen molar-refractivity contribution in [3.63, 3.8) is 0 Å². The fraction of sp³-hybridized carbons (Fsp3) is 0.600. The first-order chi connectivity index (χ1) is 8.60. The minimum Gasteiger partial charge on any atom is -0.495 e. The number of anilines is 1. The molecular weight excluding hydrogens is 290 g/mol. The van der Waals surface area contributed by atoms with Crippen LogP contribution in [-0.2, 0) is 0 Å². The first-order valence-corrected chi connectivity index (χ1v) is 7.49. The molecule has 0 amide bonds. The molecule has 3 unspecified atom stereocenters. The predicted molar refractivity (Wildman–Crippen MR) is 80.3 cm³/mol. The third kappa shape index (κ3) is 3.19. The van der Waals surface area contributed by atoms with E-state index in [1.54, 1.807) is 7.11 Å². The van der Waals surface area contributed by atoms with E-state index in [4.69, 9.17) is 4.74 Å². The number of halogens is 1. The van der Waals surface area contributed by atoms with Gasteiger partial charge >= 0.3 is 0 Å². The van der Waals surface area contributed by atoms with E-state index in [0.29, 0.717) is 6.04 Å². The molecule has 1 aliphatic carbocycles. The fourth-order valence-electron chi connectivity index (χ4n) is 2.87. The second-order valence-corrected chi connectivity index (χ2v) is 6.41. The molecule has 0 aliphatic heterocycles. The highest BCUT2D eigenvalue weighted by Crippen LogP contribution is 2.34. The van der Waals surface area contributed by atoms with Crippen LogP contribution in [0.4, 0.5) is 5.69 Å². The second kappa shape index (κ2) is 5.96. The Hall–Kier alpha value is -0.700. The predicted octanol–water partition coefficient (Wildman–Crippen LogP) is 4.69. The first kappa shape index (κ1) is 13.7. The van der Waals surface area contributed by atoms with E-state index >= 15 is 0 Å². The van der Waals surface area contributed by atoms with Crippen LogP contribution in [0.3, 0.4) is 0 Å². The highest BCUT2D eigenvalue weighted by Gasteiger charge is 2.25. The molecule has 1 fully saturated rings. The average molecular weight is 312 g/mol. The maximum Gasteiger partial charge on any atom is 0.142 e. The summed E-state index contributed by atoms with van der Waals surface area (Å²) >= 11 is 3.52. The minimum absolute atomic E-state index is 0.560. The van der Waals surface area contributed by atoms with E-state index in [0.717, 1.165) is 27.7 Å². The number of ether oxygens (including phenoxy) is 1. The minimum atomic E-state index is 0.560. The smallest absolute Gasteiger partial charge is 0.142 e. The van der Waals surface area contributed by atoms with Crippen LogP contribution in [0, 0.1) is 11.8 Å². The van der Waals surface area contributed by atoms with Crippen LogP contribution < -0.4 is 10.1 Å². The second-order valence-electron chi connectivity index (χ2n) is 5.49. The third-order valence-corrected chi connectivity index (χ3v) is 4.43. The van der Waals surface area contributed by atoms with Gasteiger partial charge in [-0.2, -0.15) is 0 Å². The van der Waals surface area contributed by atoms with Crippen molar-refractivity contribution < 1.29 is 4.74 Å². The van der Waals surface area contributed by atoms with Gasteiger partial charge in [0, 0.05) is 10.5 Å². The monoisotopic (exact) mass is 311 g/mol. The highest BCUT2D eigenvalue weighted by molar-refractivity contribution is 9.10. The lowest BCUT2D eigenvalue weighted by Gasteiger charge is -2.34. The number of hydrogen-bond donors (Lipinski definition) is 1. The highest BCUT2D eigenvalue weighted by atomic mass is 79.9. The molecule has 0 radical (unpaired) electrons. The molecule has 1 aromatic rings. The number of methoxy groups -OCH3 is 1. The van der Waals surface area contributed by atoms with Crippen molar-refractivity contribution in [1.82, 2.24) is 0 Å². The standard InChI is InChI=1S/C15H22BrNO/c1-10-4-6-13(11(2)8-10)17-14-9-12(16)5-7-15(14)18-3/h5,7,9-11,13,17H,4,6,8H2,1-3H3. The first-order valence-electron chi connectivity index (χ1n) is 6.70. The summed E-state index contributed by atoms with van der Waals surface area (Å²) in [5, 5.41) is 3.66. The summed E-state index contributed by atoms with van der Waals surface area (Å²) in [6, 6.07) is 6.67. The van der Waals surface area contributed by atoms with Crippen LogP contribution >= 0.6 is 15.9 Å². The Bertz CT molecular complexity index is 407. The molecule has 1 aliphatic rings. The summed E-state index contributed by atoms with van der Waals surface area (Å²) in [7, 11) is 1.72. The van der Waals surface area contributed by atoms with Crippen LogP contribution in [0.15, 0.2) is 22.7 Å². The van der Waals surface area contributed by atoms with Gasteiger partial charge in [0.25, 0.3) is 0 Å². The van der Waals surface area contributed by atoms with Gasteiger partial charge in [-0.05, 0) is 49.3 Å². The molecule has 3 heteroatoms. The Kier molecular flexibility index (Phi) is 4.55.